The minimum absolute atomic E-state index is 0.0276. The van der Waals surface area contributed by atoms with E-state index in [4.69, 9.17) is 10.5 Å². The van der Waals surface area contributed by atoms with Crippen molar-refractivity contribution in [3.63, 3.8) is 0 Å². The van der Waals surface area contributed by atoms with Crippen molar-refractivity contribution in [2.75, 3.05) is 19.5 Å². The molecule has 0 saturated heterocycles. The first-order valence-corrected chi connectivity index (χ1v) is 8.83. The van der Waals surface area contributed by atoms with E-state index >= 15 is 0 Å². The number of aromatic nitrogens is 2. The van der Waals surface area contributed by atoms with E-state index in [-0.39, 0.29) is 18.1 Å². The number of nitrogen functional groups attached to an aromatic ring is 1. The quantitative estimate of drug-likeness (QED) is 0.580. The second-order valence-electron chi connectivity index (χ2n) is 6.26. The van der Waals surface area contributed by atoms with E-state index in [1.54, 1.807) is 19.2 Å². The molecular weight excluding hydrogens is 356 g/mol. The van der Waals surface area contributed by atoms with Crippen LogP contribution >= 0.6 is 0 Å². The number of aliphatic hydroxyl groups is 1. The molecule has 0 aliphatic heterocycles. The van der Waals surface area contributed by atoms with Crippen LogP contribution in [0.4, 0.5) is 5.82 Å². The molecule has 0 aliphatic carbocycles. The van der Waals surface area contributed by atoms with Gasteiger partial charge in [0.25, 0.3) is 5.91 Å². The second kappa shape index (κ2) is 8.96. The Kier molecular flexibility index (Phi) is 6.18. The normalized spacial score (nSPS) is 11.6. The predicted molar refractivity (Wildman–Crippen MR) is 107 cm³/mol. The lowest BCUT2D eigenvalue weighted by Crippen LogP contribution is -2.39. The van der Waals surface area contributed by atoms with Crippen molar-refractivity contribution >= 4 is 11.7 Å². The van der Waals surface area contributed by atoms with Gasteiger partial charge in [0, 0.05) is 5.56 Å². The molecule has 7 nitrogen and oxygen atoms in total. The van der Waals surface area contributed by atoms with E-state index in [0.717, 1.165) is 16.9 Å². The average molecular weight is 378 g/mol. The predicted octanol–water partition coefficient (Wildman–Crippen LogP) is 2.07. The maximum atomic E-state index is 12.7. The largest absolute Gasteiger partial charge is 0.497 e. The Morgan fingerprint density at radius 2 is 1.89 bits per heavy atom. The molecule has 3 rings (SSSR count). The van der Waals surface area contributed by atoms with Gasteiger partial charge in [-0.25, -0.2) is 9.97 Å². The highest BCUT2D eigenvalue weighted by molar-refractivity contribution is 5.97. The maximum Gasteiger partial charge on any atom is 0.274 e. The first-order valence-electron chi connectivity index (χ1n) is 8.83. The number of nitrogens with one attached hydrogen (secondary N) is 1. The molecule has 0 fully saturated rings. The molecule has 1 amide bonds. The van der Waals surface area contributed by atoms with Crippen LogP contribution in [0.5, 0.6) is 5.75 Å². The van der Waals surface area contributed by atoms with E-state index in [9.17, 15) is 9.90 Å². The number of carbonyl (C=O) groups is 1. The Morgan fingerprint density at radius 3 is 2.54 bits per heavy atom. The molecule has 0 bridgehead atoms. The first kappa shape index (κ1) is 19.3. The fraction of sp³-hybridized carbons (Fsp3) is 0.190. The SMILES string of the molecule is COc1ccc(-c2cnc(N)c(C(=O)N[C@@H](CO)Cc3ccccc3)n2)cc1. The fourth-order valence-corrected chi connectivity index (χ4v) is 2.78. The fourth-order valence-electron chi connectivity index (χ4n) is 2.78. The lowest BCUT2D eigenvalue weighted by Gasteiger charge is -2.17. The van der Waals surface area contributed by atoms with Crippen molar-refractivity contribution < 1.29 is 14.6 Å². The summed E-state index contributed by atoms with van der Waals surface area (Å²) in [7, 11) is 1.59. The third kappa shape index (κ3) is 4.63. The van der Waals surface area contributed by atoms with E-state index in [0.29, 0.717) is 12.1 Å². The Balaban J connectivity index is 1.78. The number of anilines is 1. The van der Waals surface area contributed by atoms with Crippen molar-refractivity contribution in [2.45, 2.75) is 12.5 Å². The van der Waals surface area contributed by atoms with Gasteiger partial charge >= 0.3 is 0 Å². The van der Waals surface area contributed by atoms with Crippen molar-refractivity contribution in [1.82, 2.24) is 15.3 Å². The number of rotatable bonds is 7. The van der Waals surface area contributed by atoms with Gasteiger partial charge in [-0.1, -0.05) is 30.3 Å². The number of amides is 1. The summed E-state index contributed by atoms with van der Waals surface area (Å²) in [4.78, 5) is 21.2. The van der Waals surface area contributed by atoms with Crippen LogP contribution in [-0.2, 0) is 6.42 Å². The summed E-state index contributed by atoms with van der Waals surface area (Å²) in [5, 5.41) is 12.4. The number of nitrogens with zero attached hydrogens (tertiary/aromatic N) is 2. The molecule has 7 heteroatoms. The number of hydrogen-bond acceptors (Lipinski definition) is 6. The van der Waals surface area contributed by atoms with E-state index in [1.165, 1.54) is 6.20 Å². The molecule has 144 valence electrons. The molecule has 4 N–H and O–H groups in total. The van der Waals surface area contributed by atoms with Crippen molar-refractivity contribution in [3.05, 3.63) is 72.1 Å². The summed E-state index contributed by atoms with van der Waals surface area (Å²) < 4.78 is 5.15. The van der Waals surface area contributed by atoms with Crippen LogP contribution in [-0.4, -0.2) is 40.7 Å². The van der Waals surface area contributed by atoms with Crippen LogP contribution in [0.25, 0.3) is 11.3 Å². The third-order valence-corrected chi connectivity index (χ3v) is 4.28. The molecule has 1 aromatic heterocycles. The van der Waals surface area contributed by atoms with Gasteiger partial charge < -0.3 is 20.9 Å². The van der Waals surface area contributed by atoms with Gasteiger partial charge in [-0.15, -0.1) is 0 Å². The molecule has 0 spiro atoms. The average Bonchev–Trinajstić information content (AvgIpc) is 2.74. The summed E-state index contributed by atoms with van der Waals surface area (Å²) in [5.74, 6) is 0.276. The van der Waals surface area contributed by atoms with Crippen LogP contribution in [0.2, 0.25) is 0 Å². The van der Waals surface area contributed by atoms with Gasteiger partial charge in [-0.3, -0.25) is 4.79 Å². The Hall–Kier alpha value is -3.45. The van der Waals surface area contributed by atoms with E-state index in [2.05, 4.69) is 15.3 Å². The zero-order valence-electron chi connectivity index (χ0n) is 15.5. The number of carbonyl (C=O) groups excluding carboxylic acids is 1. The minimum Gasteiger partial charge on any atom is -0.497 e. The van der Waals surface area contributed by atoms with E-state index in [1.807, 2.05) is 42.5 Å². The number of aliphatic hydroxyl groups excluding tert-OH is 1. The molecule has 0 radical (unpaired) electrons. The lowest BCUT2D eigenvalue weighted by molar-refractivity contribution is 0.0912. The molecule has 0 aliphatic rings. The Bertz CT molecular complexity index is 930. The zero-order chi connectivity index (χ0) is 19.9. The number of benzene rings is 2. The van der Waals surface area contributed by atoms with Crippen LogP contribution in [0.15, 0.2) is 60.8 Å². The van der Waals surface area contributed by atoms with Crippen molar-refractivity contribution in [3.8, 4) is 17.0 Å². The molecule has 2 aromatic carbocycles. The summed E-state index contributed by atoms with van der Waals surface area (Å²) in [6.07, 6.45) is 2.01. The second-order valence-corrected chi connectivity index (χ2v) is 6.26. The van der Waals surface area contributed by atoms with Gasteiger partial charge in [-0.2, -0.15) is 0 Å². The molecule has 1 atom stereocenters. The Morgan fingerprint density at radius 1 is 1.18 bits per heavy atom. The monoisotopic (exact) mass is 378 g/mol. The van der Waals surface area contributed by atoms with Gasteiger partial charge in [-0.05, 0) is 36.2 Å². The number of ether oxygens (including phenoxy) is 1. The topological polar surface area (TPSA) is 110 Å². The minimum atomic E-state index is -0.477. The smallest absolute Gasteiger partial charge is 0.274 e. The van der Waals surface area contributed by atoms with Gasteiger partial charge in [0.05, 0.1) is 31.6 Å². The van der Waals surface area contributed by atoms with Crippen LogP contribution in [0.3, 0.4) is 0 Å². The summed E-state index contributed by atoms with van der Waals surface area (Å²) in [6, 6.07) is 16.4. The molecule has 28 heavy (non-hydrogen) atoms. The first-order chi connectivity index (χ1) is 13.6. The van der Waals surface area contributed by atoms with Gasteiger partial charge in [0.2, 0.25) is 0 Å². The highest BCUT2D eigenvalue weighted by Crippen LogP contribution is 2.21. The van der Waals surface area contributed by atoms with Crippen LogP contribution < -0.4 is 15.8 Å². The highest BCUT2D eigenvalue weighted by atomic mass is 16.5. The van der Waals surface area contributed by atoms with E-state index < -0.39 is 11.9 Å². The zero-order valence-corrected chi connectivity index (χ0v) is 15.5. The van der Waals surface area contributed by atoms with Gasteiger partial charge in [0.15, 0.2) is 11.5 Å². The third-order valence-electron chi connectivity index (χ3n) is 4.28. The molecule has 3 aromatic rings. The van der Waals surface area contributed by atoms with Crippen molar-refractivity contribution in [1.29, 1.82) is 0 Å². The lowest BCUT2D eigenvalue weighted by atomic mass is 10.1. The molecule has 0 saturated carbocycles. The summed E-state index contributed by atoms with van der Waals surface area (Å²) >= 11 is 0. The molecule has 0 unspecified atom stereocenters. The summed E-state index contributed by atoms with van der Waals surface area (Å²) in [5.41, 5.74) is 8.20. The number of nitrogens with two attached hydrogens (primary N) is 1. The number of hydrogen-bond donors (Lipinski definition) is 3. The van der Waals surface area contributed by atoms with Crippen molar-refractivity contribution in [2.24, 2.45) is 0 Å². The highest BCUT2D eigenvalue weighted by Gasteiger charge is 2.19. The van der Waals surface area contributed by atoms with Crippen LogP contribution in [0.1, 0.15) is 16.1 Å². The Labute approximate surface area is 163 Å². The maximum absolute atomic E-state index is 12.7. The summed E-state index contributed by atoms with van der Waals surface area (Å²) in [6.45, 7) is -0.202. The molecule has 1 heterocycles. The standard InChI is InChI=1S/C21H22N4O3/c1-28-17-9-7-15(8-10-17)18-12-23-20(22)19(25-18)21(27)24-16(13-26)11-14-5-3-2-4-6-14/h2-10,12,16,26H,11,13H2,1H3,(H2,22,23)(H,24,27)/t16-/m1/s1. The number of methoxy groups -OCH3 is 1. The van der Waals surface area contributed by atoms with Crippen LogP contribution in [0, 0.1) is 0 Å². The van der Waals surface area contributed by atoms with Gasteiger partial charge in [0.1, 0.15) is 5.75 Å². The molecular formula is C21H22N4O3.